The Kier molecular flexibility index (Phi) is 13.5. The number of nitrogens with zero attached hydrogens (tertiary/aromatic N) is 3. The van der Waals surface area contributed by atoms with E-state index in [1.807, 2.05) is 65.6 Å². The quantitative estimate of drug-likeness (QED) is 0.201. The van der Waals surface area contributed by atoms with Crippen molar-refractivity contribution >= 4 is 11.8 Å². The highest BCUT2D eigenvalue weighted by Gasteiger charge is 2.33. The molecule has 0 radical (unpaired) electrons. The first-order valence-corrected chi connectivity index (χ1v) is 18.2. The van der Waals surface area contributed by atoms with E-state index in [0.29, 0.717) is 38.0 Å². The third kappa shape index (κ3) is 10.9. The van der Waals surface area contributed by atoms with Gasteiger partial charge < -0.3 is 15.0 Å². The van der Waals surface area contributed by atoms with Crippen molar-refractivity contribution in [2.75, 3.05) is 39.8 Å². The molecule has 1 aliphatic heterocycles. The van der Waals surface area contributed by atoms with Gasteiger partial charge in [0.05, 0.1) is 6.04 Å². The molecule has 0 spiro atoms. The molecular weight excluding hydrogens is 596 g/mol. The standard InChI is InChI=1S/C41H56N4O3/c1-32(2)27-39(43(3)29-34-13-7-4-8-14-34)40(46)42-38(28-33-19-21-37(22-20-33)48-31-36-17-11-6-12-18-36)41(47)45-25-23-44(24-26-45)30-35-15-9-5-10-16-35/h5-6,9-12,15-22,32,34,38-39H,4,7-8,13-14,23-31H2,1-3H3,(H,42,46)/t38-,39+/m0/s1. The number of hydrogen-bond donors (Lipinski definition) is 1. The Labute approximate surface area is 288 Å². The van der Waals surface area contributed by atoms with Crippen LogP contribution in [0.5, 0.6) is 5.75 Å². The minimum Gasteiger partial charge on any atom is -0.489 e. The molecule has 7 nitrogen and oxygen atoms in total. The molecule has 0 bridgehead atoms. The fourth-order valence-corrected chi connectivity index (χ4v) is 7.19. The zero-order chi connectivity index (χ0) is 33.7. The average Bonchev–Trinajstić information content (AvgIpc) is 3.11. The van der Waals surface area contributed by atoms with Crippen LogP contribution in [0.3, 0.4) is 0 Å². The largest absolute Gasteiger partial charge is 0.489 e. The number of piperazine rings is 1. The number of hydrogen-bond acceptors (Lipinski definition) is 5. The highest BCUT2D eigenvalue weighted by Crippen LogP contribution is 2.26. The fraction of sp³-hybridized carbons (Fsp3) is 0.512. The summed E-state index contributed by atoms with van der Waals surface area (Å²) in [6.45, 7) is 9.59. The number of carbonyl (C=O) groups is 2. The molecule has 2 amide bonds. The van der Waals surface area contributed by atoms with Crippen LogP contribution in [0, 0.1) is 11.8 Å². The topological polar surface area (TPSA) is 65.1 Å². The van der Waals surface area contributed by atoms with Gasteiger partial charge in [-0.3, -0.25) is 19.4 Å². The molecule has 3 aromatic carbocycles. The molecule has 3 aromatic rings. The Balaban J connectivity index is 1.26. The first-order valence-electron chi connectivity index (χ1n) is 18.2. The van der Waals surface area contributed by atoms with E-state index in [9.17, 15) is 9.59 Å². The molecule has 258 valence electrons. The van der Waals surface area contributed by atoms with Crippen molar-refractivity contribution in [3.05, 3.63) is 102 Å². The first-order chi connectivity index (χ1) is 23.3. The maximum atomic E-state index is 14.2. The van der Waals surface area contributed by atoms with Crippen LogP contribution in [-0.4, -0.2) is 78.4 Å². The van der Waals surface area contributed by atoms with E-state index in [1.165, 1.54) is 37.7 Å². The van der Waals surface area contributed by atoms with Crippen molar-refractivity contribution in [2.45, 2.75) is 84.0 Å². The Bertz CT molecular complexity index is 1380. The molecule has 2 aliphatic rings. The fourth-order valence-electron chi connectivity index (χ4n) is 7.19. The maximum absolute atomic E-state index is 14.2. The Hall–Kier alpha value is -3.68. The van der Waals surface area contributed by atoms with Gasteiger partial charge in [-0.25, -0.2) is 0 Å². The SMILES string of the molecule is CC(C)C[C@H](C(=O)N[C@@H](Cc1ccc(OCc2ccccc2)cc1)C(=O)N1CCN(Cc2ccccc2)CC1)N(C)CC1CCCCC1. The summed E-state index contributed by atoms with van der Waals surface area (Å²) in [5.41, 5.74) is 3.40. The van der Waals surface area contributed by atoms with Crippen LogP contribution < -0.4 is 10.1 Å². The summed E-state index contributed by atoms with van der Waals surface area (Å²) >= 11 is 0. The van der Waals surface area contributed by atoms with Crippen LogP contribution in [0.25, 0.3) is 0 Å². The zero-order valence-electron chi connectivity index (χ0n) is 29.4. The molecule has 0 aromatic heterocycles. The van der Waals surface area contributed by atoms with Gasteiger partial charge in [0.1, 0.15) is 18.4 Å². The van der Waals surface area contributed by atoms with Gasteiger partial charge >= 0.3 is 0 Å². The molecule has 2 atom stereocenters. The van der Waals surface area contributed by atoms with Crippen LogP contribution in [0.2, 0.25) is 0 Å². The molecule has 1 N–H and O–H groups in total. The monoisotopic (exact) mass is 652 g/mol. The summed E-state index contributed by atoms with van der Waals surface area (Å²) in [4.78, 5) is 35.0. The van der Waals surface area contributed by atoms with Crippen molar-refractivity contribution in [3.63, 3.8) is 0 Å². The van der Waals surface area contributed by atoms with E-state index < -0.39 is 6.04 Å². The summed E-state index contributed by atoms with van der Waals surface area (Å²) in [7, 11) is 2.10. The Morgan fingerprint density at radius 2 is 1.44 bits per heavy atom. The molecule has 0 unspecified atom stereocenters. The normalized spacial score (nSPS) is 17.3. The number of likely N-dealkylation sites (N-methyl/N-ethyl adjacent to an activating group) is 1. The van der Waals surface area contributed by atoms with Gasteiger partial charge in [-0.15, -0.1) is 0 Å². The van der Waals surface area contributed by atoms with E-state index in [4.69, 9.17) is 4.74 Å². The minimum absolute atomic E-state index is 0.00495. The van der Waals surface area contributed by atoms with Crippen LogP contribution in [0.1, 0.15) is 69.1 Å². The van der Waals surface area contributed by atoms with Crippen molar-refractivity contribution in [2.24, 2.45) is 11.8 Å². The lowest BCUT2D eigenvalue weighted by molar-refractivity contribution is -0.139. The molecule has 1 aliphatic carbocycles. The second kappa shape index (κ2) is 18.2. The maximum Gasteiger partial charge on any atom is 0.245 e. The summed E-state index contributed by atoms with van der Waals surface area (Å²) in [6, 6.07) is 27.7. The van der Waals surface area contributed by atoms with Crippen molar-refractivity contribution in [1.82, 2.24) is 20.0 Å². The predicted molar refractivity (Wildman–Crippen MR) is 194 cm³/mol. The lowest BCUT2D eigenvalue weighted by Crippen LogP contribution is -2.58. The van der Waals surface area contributed by atoms with Gasteiger partial charge in [-0.05, 0) is 67.0 Å². The van der Waals surface area contributed by atoms with Crippen LogP contribution >= 0.6 is 0 Å². The number of carbonyl (C=O) groups excluding carboxylic acids is 2. The summed E-state index contributed by atoms with van der Waals surface area (Å²) in [6.07, 6.45) is 7.57. The van der Waals surface area contributed by atoms with Crippen LogP contribution in [0.4, 0.5) is 0 Å². The molecule has 1 saturated carbocycles. The number of benzene rings is 3. The second-order valence-electron chi connectivity index (χ2n) is 14.4. The van der Waals surface area contributed by atoms with Gasteiger partial charge in [-0.1, -0.05) is 106 Å². The van der Waals surface area contributed by atoms with Crippen molar-refractivity contribution < 1.29 is 14.3 Å². The van der Waals surface area contributed by atoms with Crippen molar-refractivity contribution in [1.29, 1.82) is 0 Å². The highest BCUT2D eigenvalue weighted by atomic mass is 16.5. The molecule has 1 heterocycles. The summed E-state index contributed by atoms with van der Waals surface area (Å²) in [5, 5.41) is 3.28. The molecule has 48 heavy (non-hydrogen) atoms. The smallest absolute Gasteiger partial charge is 0.245 e. The zero-order valence-corrected chi connectivity index (χ0v) is 29.4. The molecule has 2 fully saturated rings. The Morgan fingerprint density at radius 1 is 0.812 bits per heavy atom. The first kappa shape index (κ1) is 35.6. The Morgan fingerprint density at radius 3 is 2.06 bits per heavy atom. The van der Waals surface area contributed by atoms with Crippen LogP contribution in [0.15, 0.2) is 84.9 Å². The van der Waals surface area contributed by atoms with Gasteiger partial charge in [0, 0.05) is 45.7 Å². The predicted octanol–water partition coefficient (Wildman–Crippen LogP) is 6.56. The minimum atomic E-state index is -0.632. The van der Waals surface area contributed by atoms with E-state index in [1.54, 1.807) is 0 Å². The van der Waals surface area contributed by atoms with Gasteiger partial charge in [0.15, 0.2) is 0 Å². The van der Waals surface area contributed by atoms with E-state index in [0.717, 1.165) is 49.5 Å². The number of amides is 2. The van der Waals surface area contributed by atoms with Crippen molar-refractivity contribution in [3.8, 4) is 5.75 Å². The number of rotatable bonds is 15. The molecular formula is C41H56N4O3. The van der Waals surface area contributed by atoms with Gasteiger partial charge in [0.25, 0.3) is 0 Å². The average molecular weight is 653 g/mol. The van der Waals surface area contributed by atoms with E-state index in [-0.39, 0.29) is 17.9 Å². The molecule has 7 heteroatoms. The lowest BCUT2D eigenvalue weighted by Gasteiger charge is -2.37. The molecule has 5 rings (SSSR count). The third-order valence-corrected chi connectivity index (χ3v) is 9.96. The number of nitrogens with one attached hydrogen (secondary N) is 1. The highest BCUT2D eigenvalue weighted by molar-refractivity contribution is 5.90. The second-order valence-corrected chi connectivity index (χ2v) is 14.4. The van der Waals surface area contributed by atoms with Crippen LogP contribution in [-0.2, 0) is 29.2 Å². The van der Waals surface area contributed by atoms with E-state index in [2.05, 4.69) is 60.3 Å². The van der Waals surface area contributed by atoms with Gasteiger partial charge in [0.2, 0.25) is 11.8 Å². The van der Waals surface area contributed by atoms with Gasteiger partial charge in [-0.2, -0.15) is 0 Å². The summed E-state index contributed by atoms with van der Waals surface area (Å²) < 4.78 is 6.01. The van der Waals surface area contributed by atoms with E-state index >= 15 is 0 Å². The number of ether oxygens (including phenoxy) is 1. The summed E-state index contributed by atoms with van der Waals surface area (Å²) in [5.74, 6) is 1.75. The third-order valence-electron chi connectivity index (χ3n) is 9.96. The lowest BCUT2D eigenvalue weighted by atomic mass is 9.88. The molecule has 1 saturated heterocycles.